The first-order valence-electron chi connectivity index (χ1n) is 10.1. The first-order chi connectivity index (χ1) is 12.7. The minimum absolute atomic E-state index is 0.0176. The lowest BCUT2D eigenvalue weighted by Crippen LogP contribution is -2.71. The highest BCUT2D eigenvalue weighted by Gasteiger charge is 2.78. The molecule has 150 valence electrons. The molecule has 5 rings (SSSR count). The SMILES string of the molecule is C=C1C(O)[C@]23C[C@H]1CC(O)[C@H]2[C@@]12COC(OC)[C@@H]1C(C)(C)CC[C@@H]2OC3=O. The highest BCUT2D eigenvalue weighted by atomic mass is 16.7. The number of fused-ring (bicyclic) bond motifs is 1. The van der Waals surface area contributed by atoms with E-state index in [9.17, 15) is 15.0 Å². The molecule has 5 aliphatic rings. The Bertz CT molecular complexity index is 703. The number of methoxy groups -OCH3 is 1. The Hall–Kier alpha value is -0.950. The van der Waals surface area contributed by atoms with E-state index in [1.54, 1.807) is 7.11 Å². The summed E-state index contributed by atoms with van der Waals surface area (Å²) >= 11 is 0. The van der Waals surface area contributed by atoms with Crippen molar-refractivity contribution in [3.8, 4) is 0 Å². The second-order valence-corrected chi connectivity index (χ2v) is 10.1. The zero-order valence-corrected chi connectivity index (χ0v) is 16.3. The molecular formula is C21H30O6. The van der Waals surface area contributed by atoms with E-state index in [4.69, 9.17) is 14.2 Å². The van der Waals surface area contributed by atoms with Gasteiger partial charge in [0.15, 0.2) is 6.29 Å². The second-order valence-electron chi connectivity index (χ2n) is 10.1. The Morgan fingerprint density at radius 2 is 2.00 bits per heavy atom. The zero-order valence-electron chi connectivity index (χ0n) is 16.3. The molecule has 9 atom stereocenters. The standard InChI is InChI=1S/C21H30O6/c1-10-11-7-12(22)14-20(8-11,16(10)23)18(24)27-13-5-6-19(2,3)15-17(25-4)26-9-21(13,14)15/h11-17,22-23H,1,5-9H2,2-4H3/t11-,12?,13+,14-,15-,16?,17?,20+,21+/m1/s1. The third kappa shape index (κ3) is 1.88. The van der Waals surface area contributed by atoms with E-state index >= 15 is 0 Å². The van der Waals surface area contributed by atoms with Gasteiger partial charge in [0, 0.05) is 24.4 Å². The Labute approximate surface area is 159 Å². The fourth-order valence-corrected chi connectivity index (χ4v) is 7.74. The van der Waals surface area contributed by atoms with Crippen LogP contribution in [0, 0.1) is 34.0 Å². The van der Waals surface area contributed by atoms with Crippen molar-refractivity contribution in [2.24, 2.45) is 34.0 Å². The van der Waals surface area contributed by atoms with Crippen molar-refractivity contribution in [3.63, 3.8) is 0 Å². The van der Waals surface area contributed by atoms with Gasteiger partial charge in [-0.15, -0.1) is 0 Å². The maximum absolute atomic E-state index is 13.3. The molecule has 3 aliphatic carbocycles. The number of carbonyl (C=O) groups excluding carboxylic acids is 1. The van der Waals surface area contributed by atoms with E-state index < -0.39 is 35.2 Å². The van der Waals surface area contributed by atoms with Crippen LogP contribution >= 0.6 is 0 Å². The number of rotatable bonds is 1. The molecule has 2 bridgehead atoms. The van der Waals surface area contributed by atoms with Crippen molar-refractivity contribution >= 4 is 5.97 Å². The normalized spacial score (nSPS) is 55.5. The average molecular weight is 378 g/mol. The summed E-state index contributed by atoms with van der Waals surface area (Å²) in [5, 5.41) is 22.4. The predicted octanol–water partition coefficient (Wildman–Crippen LogP) is 1.64. The van der Waals surface area contributed by atoms with Gasteiger partial charge in [0.1, 0.15) is 11.5 Å². The van der Waals surface area contributed by atoms with Crippen LogP contribution in [-0.2, 0) is 19.0 Å². The summed E-state index contributed by atoms with van der Waals surface area (Å²) in [6.45, 7) is 8.85. The van der Waals surface area contributed by atoms with Crippen LogP contribution in [0.25, 0.3) is 0 Å². The lowest BCUT2D eigenvalue weighted by Gasteiger charge is -2.63. The fourth-order valence-electron chi connectivity index (χ4n) is 7.74. The Morgan fingerprint density at radius 3 is 2.70 bits per heavy atom. The van der Waals surface area contributed by atoms with Crippen molar-refractivity contribution in [1.82, 2.24) is 0 Å². The second kappa shape index (κ2) is 5.35. The average Bonchev–Trinajstić information content (AvgIpc) is 3.10. The van der Waals surface area contributed by atoms with Gasteiger partial charge in [0.25, 0.3) is 0 Å². The van der Waals surface area contributed by atoms with E-state index in [0.717, 1.165) is 12.8 Å². The maximum atomic E-state index is 13.3. The number of hydrogen-bond acceptors (Lipinski definition) is 6. The van der Waals surface area contributed by atoms with E-state index in [1.165, 1.54) is 0 Å². The molecule has 0 amide bonds. The predicted molar refractivity (Wildman–Crippen MR) is 95.4 cm³/mol. The maximum Gasteiger partial charge on any atom is 0.315 e. The topological polar surface area (TPSA) is 85.2 Å². The summed E-state index contributed by atoms with van der Waals surface area (Å²) in [6.07, 6.45) is 0.308. The number of aliphatic hydroxyl groups excluding tert-OH is 2. The lowest BCUT2D eigenvalue weighted by molar-refractivity contribution is -0.265. The van der Waals surface area contributed by atoms with Gasteiger partial charge in [-0.2, -0.15) is 0 Å². The first-order valence-corrected chi connectivity index (χ1v) is 10.1. The van der Waals surface area contributed by atoms with Crippen molar-refractivity contribution in [1.29, 1.82) is 0 Å². The molecule has 3 saturated carbocycles. The zero-order chi connectivity index (χ0) is 19.4. The molecule has 0 radical (unpaired) electrons. The van der Waals surface area contributed by atoms with Crippen LogP contribution in [0.1, 0.15) is 39.5 Å². The molecule has 6 nitrogen and oxygen atoms in total. The molecule has 0 aromatic carbocycles. The van der Waals surface area contributed by atoms with E-state index in [2.05, 4.69) is 20.4 Å². The van der Waals surface area contributed by atoms with Gasteiger partial charge in [-0.3, -0.25) is 4.79 Å². The van der Waals surface area contributed by atoms with Gasteiger partial charge in [0.05, 0.1) is 18.8 Å². The molecule has 0 aromatic rings. The van der Waals surface area contributed by atoms with E-state index in [-0.39, 0.29) is 29.3 Å². The molecule has 5 fully saturated rings. The Kier molecular flexibility index (Phi) is 3.59. The van der Waals surface area contributed by atoms with Crippen LogP contribution < -0.4 is 0 Å². The van der Waals surface area contributed by atoms with Crippen LogP contribution in [0.15, 0.2) is 12.2 Å². The first kappa shape index (κ1) is 18.1. The molecule has 2 saturated heterocycles. The Morgan fingerprint density at radius 1 is 1.26 bits per heavy atom. The van der Waals surface area contributed by atoms with Crippen LogP contribution in [0.3, 0.4) is 0 Å². The van der Waals surface area contributed by atoms with Crippen LogP contribution in [0.4, 0.5) is 0 Å². The number of carbonyl (C=O) groups is 1. The van der Waals surface area contributed by atoms with Gasteiger partial charge in [-0.1, -0.05) is 20.4 Å². The third-order valence-electron chi connectivity index (χ3n) is 8.70. The molecular weight excluding hydrogens is 348 g/mol. The molecule has 27 heavy (non-hydrogen) atoms. The van der Waals surface area contributed by atoms with Crippen molar-refractivity contribution in [2.45, 2.75) is 64.1 Å². The molecule has 2 spiro atoms. The molecule has 2 aliphatic heterocycles. The number of hydrogen-bond donors (Lipinski definition) is 2. The summed E-state index contributed by atoms with van der Waals surface area (Å²) in [5.74, 6) is -0.831. The minimum Gasteiger partial charge on any atom is -0.461 e. The highest BCUT2D eigenvalue weighted by Crippen LogP contribution is 2.72. The molecule has 0 aromatic heterocycles. The van der Waals surface area contributed by atoms with Gasteiger partial charge < -0.3 is 24.4 Å². The summed E-state index contributed by atoms with van der Waals surface area (Å²) in [6, 6.07) is 0. The number of aliphatic hydroxyl groups is 2. The third-order valence-corrected chi connectivity index (χ3v) is 8.70. The van der Waals surface area contributed by atoms with Gasteiger partial charge in [0.2, 0.25) is 0 Å². The molecule has 3 unspecified atom stereocenters. The number of esters is 1. The summed E-state index contributed by atoms with van der Waals surface area (Å²) < 4.78 is 17.9. The van der Waals surface area contributed by atoms with Gasteiger partial charge >= 0.3 is 5.97 Å². The lowest BCUT2D eigenvalue weighted by atomic mass is 9.43. The van der Waals surface area contributed by atoms with Crippen molar-refractivity contribution < 1.29 is 29.2 Å². The van der Waals surface area contributed by atoms with Crippen molar-refractivity contribution in [3.05, 3.63) is 12.2 Å². The summed E-state index contributed by atoms with van der Waals surface area (Å²) in [7, 11) is 1.65. The summed E-state index contributed by atoms with van der Waals surface area (Å²) in [5.41, 5.74) is -1.09. The van der Waals surface area contributed by atoms with E-state index in [0.29, 0.717) is 25.0 Å². The quantitative estimate of drug-likeness (QED) is 0.533. The largest absolute Gasteiger partial charge is 0.461 e. The number of ether oxygens (including phenoxy) is 3. The minimum atomic E-state index is -1.12. The van der Waals surface area contributed by atoms with Crippen LogP contribution in [0.5, 0.6) is 0 Å². The van der Waals surface area contributed by atoms with Crippen LogP contribution in [0.2, 0.25) is 0 Å². The highest BCUT2D eigenvalue weighted by molar-refractivity contribution is 5.82. The summed E-state index contributed by atoms with van der Waals surface area (Å²) in [4.78, 5) is 13.3. The molecule has 2 N–H and O–H groups in total. The monoisotopic (exact) mass is 378 g/mol. The smallest absolute Gasteiger partial charge is 0.315 e. The van der Waals surface area contributed by atoms with Gasteiger partial charge in [-0.05, 0) is 42.6 Å². The molecule has 6 heteroatoms. The van der Waals surface area contributed by atoms with E-state index in [1.807, 2.05) is 0 Å². The Balaban J connectivity index is 1.73. The van der Waals surface area contributed by atoms with Crippen molar-refractivity contribution in [2.75, 3.05) is 13.7 Å². The van der Waals surface area contributed by atoms with Gasteiger partial charge in [-0.25, -0.2) is 0 Å². The molecule has 2 heterocycles. The fraction of sp³-hybridized carbons (Fsp3) is 0.857. The van der Waals surface area contributed by atoms with Crippen LogP contribution in [-0.4, -0.2) is 54.5 Å².